The van der Waals surface area contributed by atoms with E-state index in [0.29, 0.717) is 0 Å². The van der Waals surface area contributed by atoms with Gasteiger partial charge in [0.25, 0.3) is 0 Å². The van der Waals surface area contributed by atoms with Gasteiger partial charge in [-0.1, -0.05) is 17.3 Å². The topological polar surface area (TPSA) is 81.4 Å². The number of nitrogens with zero attached hydrogens (tertiary/aromatic N) is 4. The fourth-order valence-corrected chi connectivity index (χ4v) is 2.55. The van der Waals surface area contributed by atoms with Gasteiger partial charge in [-0.15, -0.1) is 0 Å². The fourth-order valence-electron chi connectivity index (χ4n) is 2.55. The third-order valence-corrected chi connectivity index (χ3v) is 3.70. The third kappa shape index (κ3) is 2.35. The summed E-state index contributed by atoms with van der Waals surface area (Å²) in [7, 11) is 0. The van der Waals surface area contributed by atoms with Crippen LogP contribution in [0.25, 0.3) is 10.9 Å². The summed E-state index contributed by atoms with van der Waals surface area (Å²) in [6.45, 7) is 3.67. The van der Waals surface area contributed by atoms with Crippen LogP contribution in [0.15, 0.2) is 48.0 Å². The van der Waals surface area contributed by atoms with Gasteiger partial charge in [0.1, 0.15) is 5.82 Å². The number of fused-ring (bicyclic) bond motifs is 1. The van der Waals surface area contributed by atoms with Crippen molar-refractivity contribution in [2.45, 2.75) is 20.0 Å². The second kappa shape index (κ2) is 5.32. The number of aromatic nitrogens is 3. The van der Waals surface area contributed by atoms with Crippen molar-refractivity contribution in [3.05, 3.63) is 54.2 Å². The molecular formula is C15H17N5O. The fraction of sp³-hybridized carbons (Fsp3) is 0.200. The van der Waals surface area contributed by atoms with Crippen LogP contribution in [0.1, 0.15) is 11.4 Å². The molecule has 0 atom stereocenters. The van der Waals surface area contributed by atoms with Crippen molar-refractivity contribution in [2.75, 3.05) is 0 Å². The zero-order chi connectivity index (χ0) is 14.8. The molecule has 0 aliphatic rings. The average molecular weight is 283 g/mol. The zero-order valence-corrected chi connectivity index (χ0v) is 11.8. The molecule has 6 nitrogen and oxygen atoms in total. The molecule has 0 saturated heterocycles. The van der Waals surface area contributed by atoms with Crippen molar-refractivity contribution >= 4 is 16.7 Å². The Morgan fingerprint density at radius 3 is 2.76 bits per heavy atom. The second-order valence-corrected chi connectivity index (χ2v) is 4.90. The second-order valence-electron chi connectivity index (χ2n) is 4.90. The van der Waals surface area contributed by atoms with Gasteiger partial charge in [0.2, 0.25) is 0 Å². The lowest BCUT2D eigenvalue weighted by Gasteiger charge is -2.08. The number of imidazole rings is 1. The summed E-state index contributed by atoms with van der Waals surface area (Å²) in [5.74, 6) is 1.13. The normalized spacial score (nSPS) is 12.1. The van der Waals surface area contributed by atoms with Crippen molar-refractivity contribution in [3.8, 4) is 0 Å². The molecule has 0 unspecified atom stereocenters. The molecule has 0 amide bonds. The largest absolute Gasteiger partial charge is 0.409 e. The molecule has 2 heterocycles. The van der Waals surface area contributed by atoms with Crippen LogP contribution in [0.3, 0.4) is 0 Å². The summed E-state index contributed by atoms with van der Waals surface area (Å²) in [6, 6.07) is 7.78. The maximum absolute atomic E-state index is 8.86. The number of nitrogens with two attached hydrogens (primary N) is 1. The molecule has 3 N–H and O–H groups in total. The van der Waals surface area contributed by atoms with Crippen LogP contribution < -0.4 is 5.73 Å². The van der Waals surface area contributed by atoms with Crippen LogP contribution in [-0.2, 0) is 13.1 Å². The lowest BCUT2D eigenvalue weighted by molar-refractivity contribution is 0.318. The van der Waals surface area contributed by atoms with Gasteiger partial charge >= 0.3 is 0 Å². The Kier molecular flexibility index (Phi) is 3.35. The molecule has 0 spiro atoms. The predicted molar refractivity (Wildman–Crippen MR) is 81.4 cm³/mol. The van der Waals surface area contributed by atoms with E-state index in [-0.39, 0.29) is 5.84 Å². The minimum Gasteiger partial charge on any atom is -0.409 e. The minimum atomic E-state index is 0.129. The number of benzene rings is 1. The molecule has 0 bridgehead atoms. The highest BCUT2D eigenvalue weighted by molar-refractivity contribution is 6.08. The zero-order valence-electron chi connectivity index (χ0n) is 11.8. The molecule has 0 fully saturated rings. The molecule has 3 aromatic rings. The van der Waals surface area contributed by atoms with Gasteiger partial charge < -0.3 is 20.1 Å². The highest BCUT2D eigenvalue weighted by atomic mass is 16.4. The quantitative estimate of drug-likeness (QED) is 0.332. The van der Waals surface area contributed by atoms with Gasteiger partial charge in [0, 0.05) is 48.1 Å². The van der Waals surface area contributed by atoms with Crippen molar-refractivity contribution in [2.24, 2.45) is 10.9 Å². The molecule has 3 rings (SSSR count). The number of oxime groups is 1. The third-order valence-electron chi connectivity index (χ3n) is 3.70. The monoisotopic (exact) mass is 283 g/mol. The minimum absolute atomic E-state index is 0.129. The SMILES string of the molecule is Cc1nccn1CCn1ccc2c(/C(N)=N/O)cccc21. The maximum atomic E-state index is 8.86. The molecule has 2 aromatic heterocycles. The molecular weight excluding hydrogens is 266 g/mol. The smallest absolute Gasteiger partial charge is 0.170 e. The van der Waals surface area contributed by atoms with Gasteiger partial charge in [-0.2, -0.15) is 0 Å². The van der Waals surface area contributed by atoms with Crippen molar-refractivity contribution in [1.29, 1.82) is 0 Å². The summed E-state index contributed by atoms with van der Waals surface area (Å²) in [6.07, 6.45) is 5.80. The standard InChI is InChI=1S/C15H17N5O/c1-11-17-6-8-19(11)9-10-20-7-5-12-13(15(16)18-21)3-2-4-14(12)20/h2-8,21H,9-10H2,1H3,(H2,16,18). The van der Waals surface area contributed by atoms with Gasteiger partial charge in [0.15, 0.2) is 5.84 Å². The van der Waals surface area contributed by atoms with Crippen LogP contribution in [0.4, 0.5) is 0 Å². The summed E-state index contributed by atoms with van der Waals surface area (Å²) >= 11 is 0. The lowest BCUT2D eigenvalue weighted by atomic mass is 10.1. The molecule has 1 aromatic carbocycles. The summed E-state index contributed by atoms with van der Waals surface area (Å²) in [5, 5.41) is 12.9. The molecule has 0 radical (unpaired) electrons. The Morgan fingerprint density at radius 1 is 1.24 bits per heavy atom. The molecule has 108 valence electrons. The molecule has 0 saturated carbocycles. The van der Waals surface area contributed by atoms with E-state index < -0.39 is 0 Å². The van der Waals surface area contributed by atoms with Gasteiger partial charge in [-0.3, -0.25) is 0 Å². The Hall–Kier alpha value is -2.76. The van der Waals surface area contributed by atoms with E-state index in [9.17, 15) is 0 Å². The molecule has 0 aliphatic carbocycles. The van der Waals surface area contributed by atoms with E-state index >= 15 is 0 Å². The van der Waals surface area contributed by atoms with Crippen molar-refractivity contribution < 1.29 is 5.21 Å². The molecule has 21 heavy (non-hydrogen) atoms. The Balaban J connectivity index is 1.92. The van der Waals surface area contributed by atoms with Crippen molar-refractivity contribution in [3.63, 3.8) is 0 Å². The van der Waals surface area contributed by atoms with Gasteiger partial charge in [0.05, 0.1) is 0 Å². The van der Waals surface area contributed by atoms with E-state index in [4.69, 9.17) is 10.9 Å². The van der Waals surface area contributed by atoms with E-state index in [2.05, 4.69) is 19.3 Å². The summed E-state index contributed by atoms with van der Waals surface area (Å²) in [4.78, 5) is 4.22. The van der Waals surface area contributed by atoms with Crippen LogP contribution >= 0.6 is 0 Å². The van der Waals surface area contributed by atoms with Crippen molar-refractivity contribution in [1.82, 2.24) is 14.1 Å². The highest BCUT2D eigenvalue weighted by Crippen LogP contribution is 2.20. The summed E-state index contributed by atoms with van der Waals surface area (Å²) < 4.78 is 4.27. The first-order valence-corrected chi connectivity index (χ1v) is 6.74. The van der Waals surface area contributed by atoms with Gasteiger partial charge in [-0.05, 0) is 19.1 Å². The first kappa shape index (κ1) is 13.2. The van der Waals surface area contributed by atoms with Gasteiger partial charge in [-0.25, -0.2) is 4.98 Å². The first-order valence-electron chi connectivity index (χ1n) is 6.74. The Labute approximate surface area is 122 Å². The Bertz CT molecular complexity index is 799. The van der Waals surface area contributed by atoms with Crippen LogP contribution in [-0.4, -0.2) is 25.2 Å². The maximum Gasteiger partial charge on any atom is 0.170 e. The predicted octanol–water partition coefficient (Wildman–Crippen LogP) is 1.94. The summed E-state index contributed by atoms with van der Waals surface area (Å²) in [5.41, 5.74) is 7.53. The number of hydrogen-bond donors (Lipinski definition) is 2. The lowest BCUT2D eigenvalue weighted by Crippen LogP contribution is -2.13. The molecule has 0 aliphatic heterocycles. The van der Waals surface area contributed by atoms with E-state index in [0.717, 1.165) is 35.4 Å². The Morgan fingerprint density at radius 2 is 2.05 bits per heavy atom. The number of amidine groups is 1. The van der Waals surface area contributed by atoms with Crippen LogP contribution in [0, 0.1) is 6.92 Å². The van der Waals surface area contributed by atoms with E-state index in [1.807, 2.05) is 43.6 Å². The van der Waals surface area contributed by atoms with Crippen LogP contribution in [0.2, 0.25) is 0 Å². The highest BCUT2D eigenvalue weighted by Gasteiger charge is 2.09. The molecule has 6 heteroatoms. The number of aryl methyl sites for hydroxylation is 3. The van der Waals surface area contributed by atoms with E-state index in [1.54, 1.807) is 6.20 Å². The number of hydrogen-bond acceptors (Lipinski definition) is 3. The van der Waals surface area contributed by atoms with E-state index in [1.165, 1.54) is 0 Å². The first-order chi connectivity index (χ1) is 10.2. The average Bonchev–Trinajstić information content (AvgIpc) is 3.10. The number of rotatable bonds is 4. The van der Waals surface area contributed by atoms with Crippen LogP contribution in [0.5, 0.6) is 0 Å².